The molecule has 4 aromatic rings. The summed E-state index contributed by atoms with van der Waals surface area (Å²) in [5.74, 6) is 0.858. The summed E-state index contributed by atoms with van der Waals surface area (Å²) >= 11 is 6.20. The Morgan fingerprint density at radius 3 is 2.79 bits per heavy atom. The lowest BCUT2D eigenvalue weighted by molar-refractivity contribution is 0.0626. The van der Waals surface area contributed by atoms with Crippen LogP contribution in [0.5, 0.6) is 5.75 Å². The molecule has 3 heterocycles. The summed E-state index contributed by atoms with van der Waals surface area (Å²) in [5.41, 5.74) is 4.29. The number of aromatic nitrogens is 3. The Hall–Kier alpha value is -3.42. The fraction of sp³-hybridized carbons (Fsp3) is 0.269. The number of amides is 1. The quantitative estimate of drug-likeness (QED) is 0.404. The molecule has 1 aliphatic rings. The lowest BCUT2D eigenvalue weighted by Gasteiger charge is -2.40. The van der Waals surface area contributed by atoms with E-state index in [9.17, 15) is 4.79 Å². The van der Waals surface area contributed by atoms with Crippen molar-refractivity contribution in [2.75, 3.05) is 26.7 Å². The summed E-state index contributed by atoms with van der Waals surface area (Å²) in [4.78, 5) is 19.9. The number of ether oxygens (including phenoxy) is 1. The number of rotatable bonds is 7. The van der Waals surface area contributed by atoms with E-state index in [-0.39, 0.29) is 17.9 Å². The molecular weight excluding hydrogens is 450 g/mol. The number of H-pyrrole nitrogens is 1. The van der Waals surface area contributed by atoms with Crippen molar-refractivity contribution in [1.82, 2.24) is 25.4 Å². The maximum Gasteiger partial charge on any atom is 0.254 e. The van der Waals surface area contributed by atoms with Crippen LogP contribution in [0.4, 0.5) is 0 Å². The van der Waals surface area contributed by atoms with Crippen molar-refractivity contribution in [2.24, 2.45) is 5.92 Å². The fourth-order valence-electron chi connectivity index (χ4n) is 4.58. The summed E-state index contributed by atoms with van der Waals surface area (Å²) < 4.78 is 5.93. The highest BCUT2D eigenvalue weighted by molar-refractivity contribution is 6.30. The fourth-order valence-corrected chi connectivity index (χ4v) is 4.77. The molecule has 1 saturated heterocycles. The first-order chi connectivity index (χ1) is 16.6. The van der Waals surface area contributed by atoms with E-state index in [1.54, 1.807) is 12.4 Å². The molecule has 1 aliphatic heterocycles. The summed E-state index contributed by atoms with van der Waals surface area (Å²) in [6.45, 7) is 4.10. The molecule has 2 aromatic carbocycles. The molecule has 0 aliphatic carbocycles. The minimum absolute atomic E-state index is 0.0768. The minimum Gasteiger partial charge on any atom is -0.493 e. The van der Waals surface area contributed by atoms with Crippen molar-refractivity contribution in [1.29, 1.82) is 0 Å². The molecule has 2 N–H and O–H groups in total. The smallest absolute Gasteiger partial charge is 0.254 e. The van der Waals surface area contributed by atoms with E-state index in [0.29, 0.717) is 22.9 Å². The van der Waals surface area contributed by atoms with Crippen molar-refractivity contribution in [3.63, 3.8) is 0 Å². The molecule has 0 saturated carbocycles. The molecule has 5 rings (SSSR count). The first kappa shape index (κ1) is 22.4. The van der Waals surface area contributed by atoms with Crippen LogP contribution >= 0.6 is 11.6 Å². The van der Waals surface area contributed by atoms with Gasteiger partial charge in [0.2, 0.25) is 0 Å². The van der Waals surface area contributed by atoms with E-state index in [2.05, 4.69) is 20.5 Å². The van der Waals surface area contributed by atoms with E-state index in [0.717, 1.165) is 40.7 Å². The first-order valence-electron chi connectivity index (χ1n) is 11.3. The number of carbonyl (C=O) groups excluding carboxylic acids is 1. The van der Waals surface area contributed by atoms with Gasteiger partial charge in [-0.2, -0.15) is 5.10 Å². The van der Waals surface area contributed by atoms with Crippen LogP contribution in [0.3, 0.4) is 0 Å². The van der Waals surface area contributed by atoms with E-state index in [1.807, 2.05) is 67.5 Å². The highest BCUT2D eigenvalue weighted by Gasteiger charge is 2.35. The van der Waals surface area contributed by atoms with Crippen LogP contribution < -0.4 is 10.1 Å². The average Bonchev–Trinajstić information content (AvgIpc) is 3.30. The number of halogens is 1. The van der Waals surface area contributed by atoms with E-state index in [1.165, 1.54) is 0 Å². The number of pyridine rings is 1. The standard InChI is InChI=1S/C26H26ClN5O2/c1-3-34-23-10-17(7-8-21(23)16-5-4-6-20(27)9-16)26(33)32(2)25(19-12-28-13-19)22-15-29-11-18-14-30-31-24(18)22/h4-11,14-15,19,25,28H,3,12-13H2,1-2H3,(H,30,31)/t25-/m1/s1. The largest absolute Gasteiger partial charge is 0.493 e. The van der Waals surface area contributed by atoms with Crippen LogP contribution in [0.2, 0.25) is 5.02 Å². The van der Waals surface area contributed by atoms with Gasteiger partial charge in [-0.1, -0.05) is 23.7 Å². The Morgan fingerprint density at radius 1 is 1.21 bits per heavy atom. The highest BCUT2D eigenvalue weighted by atomic mass is 35.5. The summed E-state index contributed by atoms with van der Waals surface area (Å²) in [7, 11) is 1.85. The third kappa shape index (κ3) is 4.13. The Balaban J connectivity index is 1.51. The molecule has 2 aromatic heterocycles. The highest BCUT2D eigenvalue weighted by Crippen LogP contribution is 2.36. The molecule has 0 radical (unpaired) electrons. The number of nitrogens with zero attached hydrogens (tertiary/aromatic N) is 3. The van der Waals surface area contributed by atoms with Crippen LogP contribution in [0.15, 0.2) is 61.1 Å². The van der Waals surface area contributed by atoms with Crippen LogP contribution in [0.1, 0.15) is 28.9 Å². The van der Waals surface area contributed by atoms with Gasteiger partial charge in [0.05, 0.1) is 24.4 Å². The monoisotopic (exact) mass is 475 g/mol. The van der Waals surface area contributed by atoms with Gasteiger partial charge < -0.3 is 15.0 Å². The summed E-state index contributed by atoms with van der Waals surface area (Å²) in [6.07, 6.45) is 5.37. The minimum atomic E-state index is -0.145. The Bertz CT molecular complexity index is 1330. The van der Waals surface area contributed by atoms with Gasteiger partial charge in [0.1, 0.15) is 5.75 Å². The number of hydrogen-bond acceptors (Lipinski definition) is 5. The predicted octanol–water partition coefficient (Wildman–Crippen LogP) is 4.71. The second-order valence-corrected chi connectivity index (χ2v) is 8.93. The van der Waals surface area contributed by atoms with Crippen LogP contribution in [-0.4, -0.2) is 52.7 Å². The molecule has 1 fully saturated rings. The second kappa shape index (κ2) is 9.44. The van der Waals surface area contributed by atoms with Crippen molar-refractivity contribution in [3.8, 4) is 16.9 Å². The van der Waals surface area contributed by atoms with Gasteiger partial charge in [-0.05, 0) is 42.8 Å². The number of nitrogens with one attached hydrogen (secondary N) is 2. The van der Waals surface area contributed by atoms with Gasteiger partial charge in [0, 0.05) is 65.5 Å². The Labute approximate surface area is 203 Å². The van der Waals surface area contributed by atoms with Gasteiger partial charge in [-0.25, -0.2) is 0 Å². The first-order valence-corrected chi connectivity index (χ1v) is 11.7. The SMILES string of the molecule is CCOc1cc(C(=O)N(C)[C@@H](c2cncc3cn[nH]c23)C2CNC2)ccc1-c1cccc(Cl)c1. The van der Waals surface area contributed by atoms with Crippen LogP contribution in [0, 0.1) is 5.92 Å². The summed E-state index contributed by atoms with van der Waals surface area (Å²) in [6, 6.07) is 13.1. The Morgan fingerprint density at radius 2 is 2.06 bits per heavy atom. The molecule has 0 spiro atoms. The number of carbonyl (C=O) groups is 1. The maximum atomic E-state index is 13.7. The van der Waals surface area contributed by atoms with Crippen molar-refractivity contribution in [3.05, 3.63) is 77.2 Å². The third-order valence-corrected chi connectivity index (χ3v) is 6.60. The van der Waals surface area contributed by atoms with E-state index in [4.69, 9.17) is 16.3 Å². The lowest BCUT2D eigenvalue weighted by atomic mass is 9.87. The zero-order chi connectivity index (χ0) is 23.7. The lowest BCUT2D eigenvalue weighted by Crippen LogP contribution is -2.50. The van der Waals surface area contributed by atoms with Gasteiger partial charge in [0.15, 0.2) is 0 Å². The molecule has 0 bridgehead atoms. The number of fused-ring (bicyclic) bond motifs is 1. The molecule has 1 amide bonds. The number of aromatic amines is 1. The molecule has 34 heavy (non-hydrogen) atoms. The normalized spacial score (nSPS) is 14.6. The molecule has 174 valence electrons. The Kier molecular flexibility index (Phi) is 6.22. The average molecular weight is 476 g/mol. The van der Waals surface area contributed by atoms with Gasteiger partial charge in [-0.15, -0.1) is 0 Å². The topological polar surface area (TPSA) is 83.1 Å². The zero-order valence-electron chi connectivity index (χ0n) is 19.1. The number of benzene rings is 2. The van der Waals surface area contributed by atoms with E-state index < -0.39 is 0 Å². The van der Waals surface area contributed by atoms with Crippen molar-refractivity contribution >= 4 is 28.4 Å². The van der Waals surface area contributed by atoms with Gasteiger partial charge in [0.25, 0.3) is 5.91 Å². The van der Waals surface area contributed by atoms with Crippen molar-refractivity contribution < 1.29 is 9.53 Å². The van der Waals surface area contributed by atoms with E-state index >= 15 is 0 Å². The molecular formula is C26H26ClN5O2. The second-order valence-electron chi connectivity index (χ2n) is 8.50. The van der Waals surface area contributed by atoms with Gasteiger partial charge in [-0.3, -0.25) is 14.9 Å². The van der Waals surface area contributed by atoms with Gasteiger partial charge >= 0.3 is 0 Å². The third-order valence-electron chi connectivity index (χ3n) is 6.36. The predicted molar refractivity (Wildman–Crippen MR) is 133 cm³/mol. The van der Waals surface area contributed by atoms with Crippen LogP contribution in [0.25, 0.3) is 22.0 Å². The molecule has 1 atom stereocenters. The number of hydrogen-bond donors (Lipinski definition) is 2. The molecule has 8 heteroatoms. The zero-order valence-corrected chi connectivity index (χ0v) is 19.8. The molecule has 0 unspecified atom stereocenters. The summed E-state index contributed by atoms with van der Waals surface area (Å²) in [5, 5.41) is 12.2. The van der Waals surface area contributed by atoms with Crippen LogP contribution in [-0.2, 0) is 0 Å². The molecule has 7 nitrogen and oxygen atoms in total. The van der Waals surface area contributed by atoms with Crippen molar-refractivity contribution in [2.45, 2.75) is 13.0 Å². The maximum absolute atomic E-state index is 13.7.